The molecule has 1 N–H and O–H groups in total. The van der Waals surface area contributed by atoms with Crippen LogP contribution in [-0.4, -0.2) is 54.2 Å². The van der Waals surface area contributed by atoms with Gasteiger partial charge >= 0.3 is 0 Å². The van der Waals surface area contributed by atoms with Crippen LogP contribution >= 0.6 is 23.1 Å². The summed E-state index contributed by atoms with van der Waals surface area (Å²) < 4.78 is 29.8. The predicted octanol–water partition coefficient (Wildman–Crippen LogP) is 3.24. The largest absolute Gasteiger partial charge is 0.337 e. The second-order valence-corrected chi connectivity index (χ2v) is 10.6. The molecule has 0 aliphatic carbocycles. The van der Waals surface area contributed by atoms with E-state index in [9.17, 15) is 13.2 Å². The summed E-state index contributed by atoms with van der Waals surface area (Å²) in [5.41, 5.74) is 1.41. The maximum absolute atomic E-state index is 13.2. The van der Waals surface area contributed by atoms with Crippen LogP contribution in [0.2, 0.25) is 0 Å². The molecule has 0 bridgehead atoms. The van der Waals surface area contributed by atoms with E-state index in [1.54, 1.807) is 28.6 Å². The molecule has 0 radical (unpaired) electrons. The van der Waals surface area contributed by atoms with Gasteiger partial charge in [-0.3, -0.25) is 9.36 Å². The van der Waals surface area contributed by atoms with Crippen LogP contribution in [0.25, 0.3) is 5.69 Å². The van der Waals surface area contributed by atoms with Crippen molar-refractivity contribution in [3.05, 3.63) is 59.7 Å². The number of para-hydroxylation sites is 1. The number of hydrogen-bond donors (Lipinski definition) is 1. The lowest BCUT2D eigenvalue weighted by Crippen LogP contribution is -2.46. The Bertz CT molecular complexity index is 1100. The third-order valence-electron chi connectivity index (χ3n) is 5.01. The number of nitrogens with zero attached hydrogens (tertiary/aromatic N) is 3. The molecule has 30 heavy (non-hydrogen) atoms. The van der Waals surface area contributed by atoms with Crippen molar-refractivity contribution in [2.24, 2.45) is 0 Å². The van der Waals surface area contributed by atoms with Crippen molar-refractivity contribution >= 4 is 39.0 Å². The van der Waals surface area contributed by atoms with E-state index in [0.29, 0.717) is 35.8 Å². The molecule has 3 aromatic rings. The summed E-state index contributed by atoms with van der Waals surface area (Å²) in [4.78, 5) is 19.4. The van der Waals surface area contributed by atoms with Gasteiger partial charge in [0.05, 0.1) is 6.20 Å². The number of imidazole rings is 1. The molecular weight excluding hydrogens is 440 g/mol. The van der Waals surface area contributed by atoms with E-state index < -0.39 is 10.0 Å². The number of rotatable bonds is 6. The number of aromatic nitrogens is 2. The van der Waals surface area contributed by atoms with Crippen molar-refractivity contribution in [1.82, 2.24) is 19.2 Å². The van der Waals surface area contributed by atoms with Crippen LogP contribution in [0.15, 0.2) is 63.4 Å². The van der Waals surface area contributed by atoms with Gasteiger partial charge in [-0.15, -0.1) is 11.3 Å². The van der Waals surface area contributed by atoms with Crippen LogP contribution in [0.1, 0.15) is 23.3 Å². The van der Waals surface area contributed by atoms with Gasteiger partial charge in [0.25, 0.3) is 5.91 Å². The Morgan fingerprint density at radius 1 is 1.17 bits per heavy atom. The van der Waals surface area contributed by atoms with Crippen LogP contribution < -0.4 is 4.72 Å². The molecule has 0 unspecified atom stereocenters. The lowest BCUT2D eigenvalue weighted by atomic mass is 10.1. The number of benzene rings is 1. The molecule has 1 aliphatic rings. The first-order chi connectivity index (χ1) is 14.5. The minimum Gasteiger partial charge on any atom is -0.337 e. The molecule has 0 spiro atoms. The zero-order valence-electron chi connectivity index (χ0n) is 16.4. The van der Waals surface area contributed by atoms with Crippen molar-refractivity contribution in [2.75, 3.05) is 19.3 Å². The van der Waals surface area contributed by atoms with Crippen LogP contribution in [0.3, 0.4) is 0 Å². The molecule has 1 saturated heterocycles. The number of nitrogens with one attached hydrogen (secondary N) is 1. The van der Waals surface area contributed by atoms with E-state index in [1.807, 2.05) is 41.2 Å². The minimum absolute atomic E-state index is 0.0915. The molecule has 3 heterocycles. The first kappa shape index (κ1) is 21.1. The fourth-order valence-electron chi connectivity index (χ4n) is 3.51. The van der Waals surface area contributed by atoms with E-state index >= 15 is 0 Å². The number of thiophene rings is 1. The monoisotopic (exact) mass is 462 g/mol. The van der Waals surface area contributed by atoms with Gasteiger partial charge in [-0.1, -0.05) is 36.0 Å². The molecule has 7 nitrogen and oxygen atoms in total. The maximum Gasteiger partial charge on any atom is 0.272 e. The lowest BCUT2D eigenvalue weighted by Gasteiger charge is -2.32. The number of piperidine rings is 1. The molecular formula is C20H22N4O3S3. The van der Waals surface area contributed by atoms with Gasteiger partial charge < -0.3 is 4.90 Å². The van der Waals surface area contributed by atoms with Gasteiger partial charge in [-0.25, -0.2) is 18.1 Å². The van der Waals surface area contributed by atoms with Crippen LogP contribution in [-0.2, 0) is 10.0 Å². The standard InChI is InChI=1S/C20H22N4O3S3/c1-28-20-21-14-17(24(20)16-6-3-2-4-7-16)19(25)23-11-9-15(10-12-23)22-30(26,27)18-8-5-13-29-18/h2-8,13-15,22H,9-12H2,1H3. The number of carbonyl (C=O) groups excluding carboxylic acids is 1. The number of likely N-dealkylation sites (tertiary alicyclic amines) is 1. The Morgan fingerprint density at radius 2 is 1.90 bits per heavy atom. The molecule has 158 valence electrons. The smallest absolute Gasteiger partial charge is 0.272 e. The highest BCUT2D eigenvalue weighted by Gasteiger charge is 2.29. The Kier molecular flexibility index (Phi) is 6.28. The minimum atomic E-state index is -3.50. The van der Waals surface area contributed by atoms with Crippen molar-refractivity contribution in [3.8, 4) is 5.69 Å². The predicted molar refractivity (Wildman–Crippen MR) is 119 cm³/mol. The molecule has 1 aromatic carbocycles. The number of sulfonamides is 1. The molecule has 2 aromatic heterocycles. The van der Waals surface area contributed by atoms with E-state index in [-0.39, 0.29) is 11.9 Å². The average molecular weight is 463 g/mol. The summed E-state index contributed by atoms with van der Waals surface area (Å²) in [6.45, 7) is 0.982. The molecule has 1 amide bonds. The van der Waals surface area contributed by atoms with Gasteiger partial charge in [0.2, 0.25) is 10.0 Å². The number of hydrogen-bond acceptors (Lipinski definition) is 6. The highest BCUT2D eigenvalue weighted by Crippen LogP contribution is 2.24. The molecule has 1 aliphatic heterocycles. The van der Waals surface area contributed by atoms with Gasteiger partial charge in [0.1, 0.15) is 9.90 Å². The second-order valence-electron chi connectivity index (χ2n) is 6.92. The fraction of sp³-hybridized carbons (Fsp3) is 0.300. The highest BCUT2D eigenvalue weighted by molar-refractivity contribution is 7.98. The molecule has 10 heteroatoms. The Balaban J connectivity index is 1.46. The van der Waals surface area contributed by atoms with Gasteiger partial charge in [-0.2, -0.15) is 0 Å². The quantitative estimate of drug-likeness (QED) is 0.569. The van der Waals surface area contributed by atoms with Crippen molar-refractivity contribution in [2.45, 2.75) is 28.2 Å². The van der Waals surface area contributed by atoms with Crippen molar-refractivity contribution in [3.63, 3.8) is 0 Å². The SMILES string of the molecule is CSc1ncc(C(=O)N2CCC(NS(=O)(=O)c3cccs3)CC2)n1-c1ccccc1. The third-order valence-corrected chi connectivity index (χ3v) is 8.58. The van der Waals surface area contributed by atoms with E-state index in [0.717, 1.165) is 10.8 Å². The third kappa shape index (κ3) is 4.31. The zero-order valence-corrected chi connectivity index (χ0v) is 18.8. The van der Waals surface area contributed by atoms with E-state index in [1.165, 1.54) is 23.1 Å². The summed E-state index contributed by atoms with van der Waals surface area (Å²) in [7, 11) is -3.50. The van der Waals surface area contributed by atoms with E-state index in [4.69, 9.17) is 0 Å². The first-order valence-corrected chi connectivity index (χ1v) is 13.1. The Hall–Kier alpha value is -2.14. The van der Waals surface area contributed by atoms with Crippen LogP contribution in [0, 0.1) is 0 Å². The van der Waals surface area contributed by atoms with Gasteiger partial charge in [0, 0.05) is 24.8 Å². The summed E-state index contributed by atoms with van der Waals surface area (Å²) in [5, 5.41) is 2.50. The first-order valence-electron chi connectivity index (χ1n) is 9.52. The normalized spacial score (nSPS) is 15.4. The average Bonchev–Trinajstić information content (AvgIpc) is 3.44. The Morgan fingerprint density at radius 3 is 2.53 bits per heavy atom. The Labute approximate surface area is 184 Å². The lowest BCUT2D eigenvalue weighted by molar-refractivity contribution is 0.0702. The second kappa shape index (κ2) is 8.93. The van der Waals surface area contributed by atoms with Crippen molar-refractivity contribution < 1.29 is 13.2 Å². The summed E-state index contributed by atoms with van der Waals surface area (Å²) in [6.07, 6.45) is 4.70. The number of thioether (sulfide) groups is 1. The van der Waals surface area contributed by atoms with Crippen LogP contribution in [0.4, 0.5) is 0 Å². The topological polar surface area (TPSA) is 84.3 Å². The zero-order chi connectivity index (χ0) is 21.1. The van der Waals surface area contributed by atoms with Crippen molar-refractivity contribution in [1.29, 1.82) is 0 Å². The fourth-order valence-corrected chi connectivity index (χ4v) is 6.37. The molecule has 0 saturated carbocycles. The number of carbonyl (C=O) groups is 1. The van der Waals surface area contributed by atoms with E-state index in [2.05, 4.69) is 9.71 Å². The number of amides is 1. The highest BCUT2D eigenvalue weighted by atomic mass is 32.2. The summed E-state index contributed by atoms with van der Waals surface area (Å²) in [6, 6.07) is 12.8. The molecule has 1 fully saturated rings. The van der Waals surface area contributed by atoms with Gasteiger partial charge in [-0.05, 0) is 42.7 Å². The maximum atomic E-state index is 13.2. The molecule has 0 atom stereocenters. The summed E-state index contributed by atoms with van der Waals surface area (Å²) >= 11 is 2.68. The van der Waals surface area contributed by atoms with Gasteiger partial charge in [0.15, 0.2) is 5.16 Å². The molecule has 4 rings (SSSR count). The summed E-state index contributed by atoms with van der Waals surface area (Å²) in [5.74, 6) is -0.0915. The van der Waals surface area contributed by atoms with Crippen LogP contribution in [0.5, 0.6) is 0 Å².